The van der Waals surface area contributed by atoms with Gasteiger partial charge in [0.05, 0.1) is 5.92 Å². The summed E-state index contributed by atoms with van der Waals surface area (Å²) < 4.78 is 1.78. The third-order valence-corrected chi connectivity index (χ3v) is 6.14. The number of aromatic nitrogens is 4. The van der Waals surface area contributed by atoms with E-state index in [9.17, 15) is 4.79 Å². The number of hydrogen-bond acceptors (Lipinski definition) is 6. The number of carbonyl (C=O) groups is 1. The average molecular weight is 422 g/mol. The number of nitrogens with zero attached hydrogens (tertiary/aromatic N) is 7. The molecule has 8 heteroatoms. The molecular weight excluding hydrogens is 390 g/mol. The molecule has 0 N–H and O–H groups in total. The molecule has 1 aliphatic heterocycles. The topological polar surface area (TPSA) is 69.9 Å². The highest BCUT2D eigenvalue weighted by Gasteiger charge is 2.35. The summed E-state index contributed by atoms with van der Waals surface area (Å²) >= 11 is 0. The van der Waals surface area contributed by atoms with E-state index in [0.29, 0.717) is 18.7 Å². The first-order valence-electron chi connectivity index (χ1n) is 11.0. The zero-order valence-electron chi connectivity index (χ0n) is 18.8. The molecule has 164 valence electrons. The highest BCUT2D eigenvalue weighted by Crippen LogP contribution is 2.25. The van der Waals surface area contributed by atoms with Crippen LogP contribution in [0, 0.1) is 12.8 Å². The smallest absolute Gasteiger partial charge is 0.229 e. The second kappa shape index (κ2) is 9.01. The van der Waals surface area contributed by atoms with Crippen molar-refractivity contribution in [1.82, 2.24) is 29.6 Å². The van der Waals surface area contributed by atoms with Gasteiger partial charge >= 0.3 is 0 Å². The van der Waals surface area contributed by atoms with Crippen molar-refractivity contribution in [1.29, 1.82) is 0 Å². The molecule has 3 aromatic rings. The van der Waals surface area contributed by atoms with Gasteiger partial charge in [0.15, 0.2) is 11.5 Å². The summed E-state index contributed by atoms with van der Waals surface area (Å²) in [5.41, 5.74) is 2.89. The van der Waals surface area contributed by atoms with E-state index in [-0.39, 0.29) is 11.8 Å². The Labute approximate surface area is 183 Å². The van der Waals surface area contributed by atoms with Crippen molar-refractivity contribution in [3.05, 3.63) is 42.0 Å². The van der Waals surface area contributed by atoms with Crippen LogP contribution in [0.4, 0.5) is 5.82 Å². The van der Waals surface area contributed by atoms with Gasteiger partial charge in [-0.1, -0.05) is 43.7 Å². The van der Waals surface area contributed by atoms with Gasteiger partial charge in [-0.15, -0.1) is 15.3 Å². The quantitative estimate of drug-likeness (QED) is 0.556. The Kier molecular flexibility index (Phi) is 6.18. The van der Waals surface area contributed by atoms with Gasteiger partial charge in [0.25, 0.3) is 0 Å². The summed E-state index contributed by atoms with van der Waals surface area (Å²) in [5, 5.41) is 13.3. The number of carbonyl (C=O) groups excluding carboxylic acids is 1. The van der Waals surface area contributed by atoms with Crippen LogP contribution in [0.5, 0.6) is 0 Å². The molecule has 1 aliphatic rings. The zero-order valence-corrected chi connectivity index (χ0v) is 18.8. The molecule has 1 amide bonds. The van der Waals surface area contributed by atoms with Gasteiger partial charge in [-0.2, -0.15) is 4.52 Å². The van der Waals surface area contributed by atoms with Crippen LogP contribution >= 0.6 is 0 Å². The average Bonchev–Trinajstić information content (AvgIpc) is 3.17. The van der Waals surface area contributed by atoms with Crippen molar-refractivity contribution in [3.8, 4) is 11.4 Å². The molecule has 31 heavy (non-hydrogen) atoms. The first-order valence-corrected chi connectivity index (χ1v) is 11.0. The second-order valence-electron chi connectivity index (χ2n) is 8.24. The van der Waals surface area contributed by atoms with Crippen molar-refractivity contribution in [3.63, 3.8) is 0 Å². The zero-order chi connectivity index (χ0) is 22.0. The molecule has 0 atom stereocenters. The number of aryl methyl sites for hydroxylation is 1. The number of anilines is 1. The molecule has 3 heterocycles. The lowest BCUT2D eigenvalue weighted by molar-refractivity contribution is -0.135. The molecule has 0 bridgehead atoms. The van der Waals surface area contributed by atoms with Crippen LogP contribution in [0.25, 0.3) is 17.0 Å². The van der Waals surface area contributed by atoms with Gasteiger partial charge in [-0.3, -0.25) is 4.79 Å². The van der Waals surface area contributed by atoms with Crippen LogP contribution < -0.4 is 4.90 Å². The lowest BCUT2D eigenvalue weighted by Gasteiger charge is -2.40. The van der Waals surface area contributed by atoms with Crippen molar-refractivity contribution in [2.45, 2.75) is 20.8 Å². The molecular formula is C23H31N7O. The summed E-state index contributed by atoms with van der Waals surface area (Å²) in [6, 6.07) is 12.1. The van der Waals surface area contributed by atoms with Crippen LogP contribution in [0.1, 0.15) is 19.4 Å². The molecule has 2 aromatic heterocycles. The van der Waals surface area contributed by atoms with Crippen LogP contribution in [0.3, 0.4) is 0 Å². The van der Waals surface area contributed by atoms with Gasteiger partial charge in [0, 0.05) is 38.8 Å². The molecule has 1 fully saturated rings. The minimum atomic E-state index is 0.0247. The van der Waals surface area contributed by atoms with E-state index in [1.54, 1.807) is 4.52 Å². The maximum atomic E-state index is 12.8. The van der Waals surface area contributed by atoms with Gasteiger partial charge < -0.3 is 14.7 Å². The fourth-order valence-corrected chi connectivity index (χ4v) is 3.91. The summed E-state index contributed by atoms with van der Waals surface area (Å²) in [6.07, 6.45) is 0. The number of amides is 1. The maximum absolute atomic E-state index is 12.8. The largest absolute Gasteiger partial charge is 0.353 e. The summed E-state index contributed by atoms with van der Waals surface area (Å²) in [4.78, 5) is 19.1. The van der Waals surface area contributed by atoms with Crippen LogP contribution in [-0.2, 0) is 4.79 Å². The SMILES string of the molecule is CCN(CC)CCN(C)C(=O)C1CN(c2ccc3nnc(-c4ccc(C)cc4)n3n2)C1. The molecule has 4 rings (SSSR count). The second-order valence-corrected chi connectivity index (χ2v) is 8.24. The highest BCUT2D eigenvalue weighted by atomic mass is 16.2. The van der Waals surface area contributed by atoms with E-state index in [0.717, 1.165) is 43.4 Å². The number of rotatable bonds is 8. The monoisotopic (exact) mass is 421 g/mol. The summed E-state index contributed by atoms with van der Waals surface area (Å²) in [5.74, 6) is 1.81. The summed E-state index contributed by atoms with van der Waals surface area (Å²) in [6.45, 7) is 11.4. The molecule has 1 aromatic carbocycles. The number of hydrogen-bond donors (Lipinski definition) is 0. The van der Waals surface area contributed by atoms with Gasteiger partial charge in [0.1, 0.15) is 5.82 Å². The Morgan fingerprint density at radius 1 is 1.03 bits per heavy atom. The van der Waals surface area contributed by atoms with E-state index in [1.807, 2.05) is 36.2 Å². The first kappa shape index (κ1) is 21.2. The third-order valence-electron chi connectivity index (χ3n) is 6.14. The minimum absolute atomic E-state index is 0.0247. The van der Waals surface area contributed by atoms with Gasteiger partial charge in [-0.25, -0.2) is 0 Å². The Balaban J connectivity index is 1.41. The molecule has 0 aliphatic carbocycles. The molecule has 1 saturated heterocycles. The molecule has 0 spiro atoms. The lowest BCUT2D eigenvalue weighted by Crippen LogP contribution is -2.55. The molecule has 0 unspecified atom stereocenters. The van der Waals surface area contributed by atoms with E-state index < -0.39 is 0 Å². The maximum Gasteiger partial charge on any atom is 0.229 e. The fourth-order valence-electron chi connectivity index (χ4n) is 3.91. The Bertz CT molecular complexity index is 1040. The number of likely N-dealkylation sites (N-methyl/N-ethyl adjacent to an activating group) is 2. The van der Waals surface area contributed by atoms with Crippen molar-refractivity contribution >= 4 is 17.4 Å². The summed E-state index contributed by atoms with van der Waals surface area (Å²) in [7, 11) is 1.91. The van der Waals surface area contributed by atoms with Crippen molar-refractivity contribution in [2.24, 2.45) is 5.92 Å². The van der Waals surface area contributed by atoms with E-state index in [1.165, 1.54) is 5.56 Å². The fraction of sp³-hybridized carbons (Fsp3) is 0.478. The van der Waals surface area contributed by atoms with Gasteiger partial charge in [0.2, 0.25) is 5.91 Å². The Hall–Kier alpha value is -3.00. The standard InChI is InChI=1S/C23H31N7O/c1-5-28(6-2)14-13-27(4)23(31)19-15-29(16-19)21-12-11-20-24-25-22(30(20)26-21)18-9-7-17(3)8-10-18/h7-12,19H,5-6,13-16H2,1-4H3. The minimum Gasteiger partial charge on any atom is -0.353 e. The molecule has 0 saturated carbocycles. The first-order chi connectivity index (χ1) is 15.0. The van der Waals surface area contributed by atoms with Gasteiger partial charge in [-0.05, 0) is 32.1 Å². The third kappa shape index (κ3) is 4.39. The Morgan fingerprint density at radius 2 is 1.74 bits per heavy atom. The van der Waals surface area contributed by atoms with Crippen molar-refractivity contribution < 1.29 is 4.79 Å². The molecule has 8 nitrogen and oxygen atoms in total. The lowest BCUT2D eigenvalue weighted by atomic mass is 9.98. The number of benzene rings is 1. The van der Waals surface area contributed by atoms with E-state index >= 15 is 0 Å². The van der Waals surface area contributed by atoms with Crippen LogP contribution in [0.2, 0.25) is 0 Å². The predicted molar refractivity (Wildman–Crippen MR) is 122 cm³/mol. The molecule has 0 radical (unpaired) electrons. The number of fused-ring (bicyclic) bond motifs is 1. The van der Waals surface area contributed by atoms with Crippen molar-refractivity contribution in [2.75, 3.05) is 51.2 Å². The van der Waals surface area contributed by atoms with Crippen LogP contribution in [0.15, 0.2) is 36.4 Å². The predicted octanol–water partition coefficient (Wildman–Crippen LogP) is 2.34. The van der Waals surface area contributed by atoms with Crippen LogP contribution in [-0.4, -0.2) is 81.8 Å². The van der Waals surface area contributed by atoms with E-state index in [4.69, 9.17) is 5.10 Å². The highest BCUT2D eigenvalue weighted by molar-refractivity contribution is 5.81. The Morgan fingerprint density at radius 3 is 2.42 bits per heavy atom. The normalized spacial score (nSPS) is 14.3. The van der Waals surface area contributed by atoms with E-state index in [2.05, 4.69) is 52.9 Å².